The fourth-order valence-corrected chi connectivity index (χ4v) is 2.13. The number of nitrogens with one attached hydrogen (secondary N) is 1. The molecule has 2 atom stereocenters. The molecule has 0 aliphatic heterocycles. The summed E-state index contributed by atoms with van der Waals surface area (Å²) >= 11 is 12.1. The zero-order valence-corrected chi connectivity index (χ0v) is 12.4. The van der Waals surface area contributed by atoms with Crippen LogP contribution >= 0.6 is 23.2 Å². The van der Waals surface area contributed by atoms with Gasteiger partial charge >= 0.3 is 0 Å². The number of benzene rings is 1. The van der Waals surface area contributed by atoms with Gasteiger partial charge in [-0.2, -0.15) is 0 Å². The fraction of sp³-hybridized carbons (Fsp3) is 0.571. The zero-order valence-electron chi connectivity index (χ0n) is 10.9. The van der Waals surface area contributed by atoms with Crippen molar-refractivity contribution in [3.8, 4) is 0 Å². The van der Waals surface area contributed by atoms with Crippen LogP contribution in [0.15, 0.2) is 18.2 Å². The lowest BCUT2D eigenvalue weighted by Gasteiger charge is -2.21. The second-order valence-electron chi connectivity index (χ2n) is 5.02. The standard InChI is InChI=1S/C14H21Cl2N/c1-9(2)10(3)8-17-11(4)13-6-5-12(15)7-14(13)16/h5-7,9-11,17H,8H2,1-4H3. The second kappa shape index (κ2) is 6.63. The summed E-state index contributed by atoms with van der Waals surface area (Å²) in [5, 5.41) is 4.93. The van der Waals surface area contributed by atoms with E-state index < -0.39 is 0 Å². The topological polar surface area (TPSA) is 12.0 Å². The summed E-state index contributed by atoms with van der Waals surface area (Å²) in [7, 11) is 0. The summed E-state index contributed by atoms with van der Waals surface area (Å²) in [6.07, 6.45) is 0. The minimum absolute atomic E-state index is 0.251. The molecule has 0 aliphatic carbocycles. The van der Waals surface area contributed by atoms with E-state index in [0.29, 0.717) is 16.9 Å². The lowest BCUT2D eigenvalue weighted by Crippen LogP contribution is -2.27. The molecule has 0 aromatic heterocycles. The fourth-order valence-electron chi connectivity index (χ4n) is 1.56. The Bertz CT molecular complexity index is 363. The molecule has 2 unspecified atom stereocenters. The molecule has 1 aromatic rings. The number of halogens is 2. The van der Waals surface area contributed by atoms with Crippen LogP contribution in [-0.2, 0) is 0 Å². The maximum absolute atomic E-state index is 6.18. The molecular weight excluding hydrogens is 253 g/mol. The van der Waals surface area contributed by atoms with Crippen LogP contribution in [-0.4, -0.2) is 6.54 Å². The predicted molar refractivity (Wildman–Crippen MR) is 76.9 cm³/mol. The quantitative estimate of drug-likeness (QED) is 0.802. The highest BCUT2D eigenvalue weighted by Gasteiger charge is 2.12. The molecule has 0 amide bonds. The van der Waals surface area contributed by atoms with E-state index in [2.05, 4.69) is 33.0 Å². The Morgan fingerprint density at radius 3 is 2.29 bits per heavy atom. The van der Waals surface area contributed by atoms with Gasteiger partial charge in [-0.15, -0.1) is 0 Å². The van der Waals surface area contributed by atoms with Crippen molar-refractivity contribution < 1.29 is 0 Å². The maximum Gasteiger partial charge on any atom is 0.0468 e. The van der Waals surface area contributed by atoms with Crippen molar-refractivity contribution in [3.05, 3.63) is 33.8 Å². The van der Waals surface area contributed by atoms with E-state index in [0.717, 1.165) is 17.1 Å². The molecule has 1 rings (SSSR count). The monoisotopic (exact) mass is 273 g/mol. The Morgan fingerprint density at radius 1 is 1.12 bits per heavy atom. The third-order valence-corrected chi connectivity index (χ3v) is 3.88. The third-order valence-electron chi connectivity index (χ3n) is 3.31. The highest BCUT2D eigenvalue weighted by atomic mass is 35.5. The molecule has 0 saturated carbocycles. The third kappa shape index (κ3) is 4.50. The van der Waals surface area contributed by atoms with E-state index in [-0.39, 0.29) is 6.04 Å². The van der Waals surface area contributed by atoms with Gasteiger partial charge in [0.1, 0.15) is 0 Å². The van der Waals surface area contributed by atoms with Gasteiger partial charge in [-0.3, -0.25) is 0 Å². The summed E-state index contributed by atoms with van der Waals surface area (Å²) in [5.41, 5.74) is 1.10. The van der Waals surface area contributed by atoms with Crippen molar-refractivity contribution >= 4 is 23.2 Å². The van der Waals surface area contributed by atoms with Crippen molar-refractivity contribution in [2.24, 2.45) is 11.8 Å². The van der Waals surface area contributed by atoms with Crippen LogP contribution < -0.4 is 5.32 Å². The SMILES string of the molecule is CC(NCC(C)C(C)C)c1ccc(Cl)cc1Cl. The Kier molecular flexibility index (Phi) is 5.78. The molecule has 0 fully saturated rings. The number of rotatable bonds is 5. The van der Waals surface area contributed by atoms with Crippen LogP contribution in [0.25, 0.3) is 0 Å². The molecule has 17 heavy (non-hydrogen) atoms. The van der Waals surface area contributed by atoms with Gasteiger partial charge in [-0.25, -0.2) is 0 Å². The van der Waals surface area contributed by atoms with Crippen molar-refractivity contribution in [3.63, 3.8) is 0 Å². The molecule has 96 valence electrons. The van der Waals surface area contributed by atoms with Crippen molar-refractivity contribution in [2.45, 2.75) is 33.7 Å². The van der Waals surface area contributed by atoms with Crippen LogP contribution in [0.3, 0.4) is 0 Å². The Labute approximate surface area is 115 Å². The molecule has 1 aromatic carbocycles. The molecule has 0 aliphatic rings. The smallest absolute Gasteiger partial charge is 0.0468 e. The average molecular weight is 274 g/mol. The molecule has 0 radical (unpaired) electrons. The summed E-state index contributed by atoms with van der Waals surface area (Å²) < 4.78 is 0. The van der Waals surface area contributed by atoms with Gasteiger partial charge in [-0.05, 0) is 43.0 Å². The molecule has 0 heterocycles. The van der Waals surface area contributed by atoms with Gasteiger partial charge < -0.3 is 5.32 Å². The first kappa shape index (κ1) is 14.8. The van der Waals surface area contributed by atoms with Gasteiger partial charge in [0.25, 0.3) is 0 Å². The highest BCUT2D eigenvalue weighted by molar-refractivity contribution is 6.35. The zero-order chi connectivity index (χ0) is 13.0. The lowest BCUT2D eigenvalue weighted by atomic mass is 9.97. The van der Waals surface area contributed by atoms with E-state index in [1.54, 1.807) is 6.07 Å². The first-order chi connectivity index (χ1) is 7.91. The Balaban J connectivity index is 2.61. The van der Waals surface area contributed by atoms with Gasteiger partial charge in [0.15, 0.2) is 0 Å². The predicted octanol–water partition coefficient (Wildman–Crippen LogP) is 4.94. The lowest BCUT2D eigenvalue weighted by molar-refractivity contribution is 0.375. The molecule has 1 nitrogen and oxygen atoms in total. The van der Waals surface area contributed by atoms with Crippen LogP contribution in [0.1, 0.15) is 39.3 Å². The average Bonchev–Trinajstić information content (AvgIpc) is 2.25. The van der Waals surface area contributed by atoms with Crippen LogP contribution in [0.2, 0.25) is 10.0 Å². The summed E-state index contributed by atoms with van der Waals surface area (Å²) in [6, 6.07) is 5.92. The first-order valence-electron chi connectivity index (χ1n) is 6.10. The summed E-state index contributed by atoms with van der Waals surface area (Å²) in [6.45, 7) is 9.87. The van der Waals surface area contributed by atoms with Crippen molar-refractivity contribution in [1.82, 2.24) is 5.32 Å². The van der Waals surface area contributed by atoms with Gasteiger partial charge in [0.05, 0.1) is 0 Å². The maximum atomic E-state index is 6.18. The van der Waals surface area contributed by atoms with E-state index in [1.165, 1.54) is 0 Å². The molecular formula is C14H21Cl2N. The molecule has 0 saturated heterocycles. The van der Waals surface area contributed by atoms with Crippen molar-refractivity contribution in [1.29, 1.82) is 0 Å². The first-order valence-corrected chi connectivity index (χ1v) is 6.85. The van der Waals surface area contributed by atoms with Crippen LogP contribution in [0.4, 0.5) is 0 Å². The van der Waals surface area contributed by atoms with E-state index in [1.807, 2.05) is 12.1 Å². The van der Waals surface area contributed by atoms with E-state index in [9.17, 15) is 0 Å². The minimum Gasteiger partial charge on any atom is -0.310 e. The van der Waals surface area contributed by atoms with Gasteiger partial charge in [0.2, 0.25) is 0 Å². The molecule has 3 heteroatoms. The minimum atomic E-state index is 0.251. The van der Waals surface area contributed by atoms with Crippen LogP contribution in [0, 0.1) is 11.8 Å². The van der Waals surface area contributed by atoms with Crippen LogP contribution in [0.5, 0.6) is 0 Å². The Hall–Kier alpha value is -0.240. The number of hydrogen-bond donors (Lipinski definition) is 1. The Morgan fingerprint density at radius 2 is 1.76 bits per heavy atom. The number of hydrogen-bond acceptors (Lipinski definition) is 1. The van der Waals surface area contributed by atoms with Gasteiger partial charge in [0, 0.05) is 16.1 Å². The van der Waals surface area contributed by atoms with Crippen molar-refractivity contribution in [2.75, 3.05) is 6.54 Å². The van der Waals surface area contributed by atoms with E-state index in [4.69, 9.17) is 23.2 Å². The second-order valence-corrected chi connectivity index (χ2v) is 5.86. The largest absolute Gasteiger partial charge is 0.310 e. The molecule has 0 spiro atoms. The molecule has 1 N–H and O–H groups in total. The summed E-state index contributed by atoms with van der Waals surface area (Å²) in [4.78, 5) is 0. The highest BCUT2D eigenvalue weighted by Crippen LogP contribution is 2.26. The van der Waals surface area contributed by atoms with Gasteiger partial charge in [-0.1, -0.05) is 50.0 Å². The van der Waals surface area contributed by atoms with E-state index >= 15 is 0 Å². The summed E-state index contributed by atoms with van der Waals surface area (Å²) in [5.74, 6) is 1.35. The normalized spacial score (nSPS) is 15.0. The molecule has 0 bridgehead atoms.